The van der Waals surface area contributed by atoms with Gasteiger partial charge in [0.05, 0.1) is 11.7 Å². The monoisotopic (exact) mass is 292 g/mol. The normalized spacial score (nSPS) is 11.9. The highest BCUT2D eigenvalue weighted by Gasteiger charge is 2.14. The average Bonchev–Trinajstić information content (AvgIpc) is 3.06. The molecule has 110 valence electrons. The zero-order valence-corrected chi connectivity index (χ0v) is 12.2. The summed E-state index contributed by atoms with van der Waals surface area (Å²) in [5.41, 5.74) is 3.17. The Balaban J connectivity index is 1.72. The number of hydrogen-bond acceptors (Lipinski definition) is 3. The molecule has 1 aromatic carbocycles. The van der Waals surface area contributed by atoms with Crippen LogP contribution in [0.15, 0.2) is 60.9 Å². The van der Waals surface area contributed by atoms with Gasteiger partial charge in [0.25, 0.3) is 5.91 Å². The largest absolute Gasteiger partial charge is 0.344 e. The minimum absolute atomic E-state index is 0.0982. The van der Waals surface area contributed by atoms with Crippen LogP contribution in [0.2, 0.25) is 0 Å². The van der Waals surface area contributed by atoms with Gasteiger partial charge in [-0.15, -0.1) is 0 Å². The molecule has 0 saturated heterocycles. The smallest absolute Gasteiger partial charge is 0.269 e. The van der Waals surface area contributed by atoms with Crippen molar-refractivity contribution in [3.63, 3.8) is 0 Å². The van der Waals surface area contributed by atoms with E-state index in [-0.39, 0.29) is 11.9 Å². The molecular formula is C17H16N4O. The molecule has 3 aromatic rings. The predicted molar refractivity (Wildman–Crippen MR) is 84.1 cm³/mol. The second kappa shape index (κ2) is 6.22. The molecule has 5 heteroatoms. The van der Waals surface area contributed by atoms with Crippen LogP contribution in [0.3, 0.4) is 0 Å². The fraction of sp³-hybridized carbons (Fsp3) is 0.118. The lowest BCUT2D eigenvalue weighted by atomic mass is 10.1. The standard InChI is InChI=1S/C17H16N4O/c1-12(13-7-9-18-10-8-13)19-17(22)16-11-15(20-21-16)14-5-3-2-4-6-14/h2-12H,1H3,(H,19,22)(H,20,21). The Morgan fingerprint density at radius 3 is 2.59 bits per heavy atom. The van der Waals surface area contributed by atoms with E-state index in [9.17, 15) is 4.79 Å². The van der Waals surface area contributed by atoms with Gasteiger partial charge in [0, 0.05) is 18.0 Å². The molecule has 0 radical (unpaired) electrons. The average molecular weight is 292 g/mol. The number of carbonyl (C=O) groups excluding carboxylic acids is 1. The van der Waals surface area contributed by atoms with E-state index < -0.39 is 0 Å². The summed E-state index contributed by atoms with van der Waals surface area (Å²) in [5, 5.41) is 9.92. The molecule has 3 rings (SSSR count). The van der Waals surface area contributed by atoms with Gasteiger partial charge in [0.15, 0.2) is 0 Å². The Hall–Kier alpha value is -2.95. The minimum atomic E-state index is -0.181. The lowest BCUT2D eigenvalue weighted by molar-refractivity contribution is 0.0935. The van der Waals surface area contributed by atoms with Crippen molar-refractivity contribution in [1.82, 2.24) is 20.5 Å². The number of rotatable bonds is 4. The third-order valence-corrected chi connectivity index (χ3v) is 3.45. The number of aromatic nitrogens is 3. The molecule has 0 aliphatic heterocycles. The van der Waals surface area contributed by atoms with Crippen LogP contribution in [0.25, 0.3) is 11.3 Å². The van der Waals surface area contributed by atoms with Gasteiger partial charge in [-0.05, 0) is 30.7 Å². The highest BCUT2D eigenvalue weighted by Crippen LogP contribution is 2.17. The first-order valence-corrected chi connectivity index (χ1v) is 7.05. The second-order valence-electron chi connectivity index (χ2n) is 5.01. The summed E-state index contributed by atoms with van der Waals surface area (Å²) < 4.78 is 0. The van der Waals surface area contributed by atoms with Crippen LogP contribution in [0.5, 0.6) is 0 Å². The molecule has 1 amide bonds. The summed E-state index contributed by atoms with van der Waals surface area (Å²) in [7, 11) is 0. The Bertz CT molecular complexity index is 753. The van der Waals surface area contributed by atoms with Gasteiger partial charge in [0.2, 0.25) is 0 Å². The lowest BCUT2D eigenvalue weighted by Gasteiger charge is -2.12. The molecule has 0 fully saturated rings. The van der Waals surface area contributed by atoms with Crippen LogP contribution in [0.1, 0.15) is 29.0 Å². The number of nitrogens with one attached hydrogen (secondary N) is 2. The summed E-state index contributed by atoms with van der Waals surface area (Å²) in [6.07, 6.45) is 3.42. The van der Waals surface area contributed by atoms with Gasteiger partial charge in [-0.2, -0.15) is 5.10 Å². The maximum Gasteiger partial charge on any atom is 0.269 e. The van der Waals surface area contributed by atoms with Crippen LogP contribution < -0.4 is 5.32 Å². The quantitative estimate of drug-likeness (QED) is 0.776. The maximum atomic E-state index is 12.3. The Morgan fingerprint density at radius 1 is 1.14 bits per heavy atom. The first-order chi connectivity index (χ1) is 10.7. The summed E-state index contributed by atoms with van der Waals surface area (Å²) in [6, 6.07) is 15.2. The van der Waals surface area contributed by atoms with Crippen molar-refractivity contribution >= 4 is 5.91 Å². The van der Waals surface area contributed by atoms with Gasteiger partial charge in [-0.1, -0.05) is 30.3 Å². The SMILES string of the molecule is CC(NC(=O)c1cc(-c2ccccc2)n[nH]1)c1ccncc1. The van der Waals surface area contributed by atoms with Gasteiger partial charge in [-0.25, -0.2) is 0 Å². The van der Waals surface area contributed by atoms with Gasteiger partial charge >= 0.3 is 0 Å². The van der Waals surface area contributed by atoms with E-state index in [1.54, 1.807) is 18.5 Å². The third kappa shape index (κ3) is 3.03. The molecule has 1 unspecified atom stereocenters. The fourth-order valence-electron chi connectivity index (χ4n) is 2.20. The minimum Gasteiger partial charge on any atom is -0.344 e. The zero-order chi connectivity index (χ0) is 15.4. The molecule has 0 bridgehead atoms. The number of nitrogens with zero attached hydrogens (tertiary/aromatic N) is 2. The lowest BCUT2D eigenvalue weighted by Crippen LogP contribution is -2.26. The second-order valence-corrected chi connectivity index (χ2v) is 5.01. The number of H-pyrrole nitrogens is 1. The molecule has 2 N–H and O–H groups in total. The number of hydrogen-bond donors (Lipinski definition) is 2. The van der Waals surface area contributed by atoms with E-state index >= 15 is 0 Å². The zero-order valence-electron chi connectivity index (χ0n) is 12.2. The predicted octanol–water partition coefficient (Wildman–Crippen LogP) is 2.96. The van der Waals surface area contributed by atoms with Crippen molar-refractivity contribution in [2.24, 2.45) is 0 Å². The van der Waals surface area contributed by atoms with Crippen molar-refractivity contribution in [3.8, 4) is 11.3 Å². The molecule has 2 aromatic heterocycles. The highest BCUT2D eigenvalue weighted by molar-refractivity contribution is 5.93. The first-order valence-electron chi connectivity index (χ1n) is 7.05. The molecule has 5 nitrogen and oxygen atoms in total. The summed E-state index contributed by atoms with van der Waals surface area (Å²) >= 11 is 0. The van der Waals surface area contributed by atoms with E-state index in [4.69, 9.17) is 0 Å². The molecule has 0 saturated carbocycles. The number of carbonyl (C=O) groups is 1. The number of aromatic amines is 1. The van der Waals surface area contributed by atoms with Crippen molar-refractivity contribution < 1.29 is 4.79 Å². The molecule has 1 atom stereocenters. The van der Waals surface area contributed by atoms with Crippen molar-refractivity contribution in [1.29, 1.82) is 0 Å². The molecule has 0 aliphatic carbocycles. The number of pyridine rings is 1. The van der Waals surface area contributed by atoms with Gasteiger partial charge in [0.1, 0.15) is 5.69 Å². The fourth-order valence-corrected chi connectivity index (χ4v) is 2.20. The maximum absolute atomic E-state index is 12.3. The Labute approximate surface area is 128 Å². The number of benzene rings is 1. The number of amides is 1. The molecule has 0 spiro atoms. The summed E-state index contributed by atoms with van der Waals surface area (Å²) in [5.74, 6) is -0.181. The Kier molecular flexibility index (Phi) is 3.96. The van der Waals surface area contributed by atoms with Crippen LogP contribution in [-0.4, -0.2) is 21.1 Å². The molecule has 2 heterocycles. The first kappa shape index (κ1) is 14.0. The molecular weight excluding hydrogens is 276 g/mol. The van der Waals surface area contributed by atoms with Gasteiger partial charge < -0.3 is 5.32 Å². The Morgan fingerprint density at radius 2 is 1.86 bits per heavy atom. The van der Waals surface area contributed by atoms with Crippen LogP contribution in [0.4, 0.5) is 0 Å². The topological polar surface area (TPSA) is 70.7 Å². The van der Waals surface area contributed by atoms with E-state index in [2.05, 4.69) is 20.5 Å². The third-order valence-electron chi connectivity index (χ3n) is 3.45. The molecule has 22 heavy (non-hydrogen) atoms. The molecule has 0 aliphatic rings. The van der Waals surface area contributed by atoms with Crippen LogP contribution in [-0.2, 0) is 0 Å². The van der Waals surface area contributed by atoms with Crippen LogP contribution >= 0.6 is 0 Å². The highest BCUT2D eigenvalue weighted by atomic mass is 16.2. The summed E-state index contributed by atoms with van der Waals surface area (Å²) in [6.45, 7) is 1.93. The van der Waals surface area contributed by atoms with Crippen molar-refractivity contribution in [3.05, 3.63) is 72.2 Å². The van der Waals surface area contributed by atoms with E-state index in [0.29, 0.717) is 5.69 Å². The van der Waals surface area contributed by atoms with E-state index in [1.807, 2.05) is 49.4 Å². The van der Waals surface area contributed by atoms with Crippen LogP contribution in [0, 0.1) is 0 Å². The van der Waals surface area contributed by atoms with Crippen molar-refractivity contribution in [2.45, 2.75) is 13.0 Å². The van der Waals surface area contributed by atoms with E-state index in [0.717, 1.165) is 16.8 Å². The van der Waals surface area contributed by atoms with E-state index in [1.165, 1.54) is 0 Å². The summed E-state index contributed by atoms with van der Waals surface area (Å²) in [4.78, 5) is 16.2. The van der Waals surface area contributed by atoms with Crippen molar-refractivity contribution in [2.75, 3.05) is 0 Å². The van der Waals surface area contributed by atoms with Gasteiger partial charge in [-0.3, -0.25) is 14.9 Å².